The molecule has 0 fully saturated rings. The Morgan fingerprint density at radius 3 is 2.57 bits per heavy atom. The van der Waals surface area contributed by atoms with E-state index in [0.29, 0.717) is 17.1 Å². The number of nitrogen functional groups attached to an aromatic ring is 1. The monoisotopic (exact) mass is 407 g/mol. The van der Waals surface area contributed by atoms with Crippen LogP contribution in [0.5, 0.6) is 11.5 Å². The molecule has 0 spiro atoms. The SMILES string of the molecule is COc1cccc(/C=C/C(=O)OCc2nc(N)nc(Nc3ccccc3)n2)c1OC. The summed E-state index contributed by atoms with van der Waals surface area (Å²) < 4.78 is 15.8. The van der Waals surface area contributed by atoms with E-state index in [4.69, 9.17) is 19.9 Å². The number of carbonyl (C=O) groups is 1. The standard InChI is InChI=1S/C21H21N5O4/c1-28-16-10-6-7-14(19(16)29-2)11-12-18(27)30-13-17-24-20(22)26-21(25-17)23-15-8-4-3-5-9-15/h3-12H,13H2,1-2H3,(H3,22,23,24,25,26)/b12-11+. The minimum absolute atomic E-state index is 0.0196. The highest BCUT2D eigenvalue weighted by Crippen LogP contribution is 2.31. The Kier molecular flexibility index (Phi) is 6.78. The predicted molar refractivity (Wildman–Crippen MR) is 112 cm³/mol. The van der Waals surface area contributed by atoms with Gasteiger partial charge in [0.25, 0.3) is 0 Å². The Morgan fingerprint density at radius 2 is 1.83 bits per heavy atom. The van der Waals surface area contributed by atoms with Gasteiger partial charge in [-0.1, -0.05) is 30.3 Å². The van der Waals surface area contributed by atoms with Gasteiger partial charge in [0.2, 0.25) is 11.9 Å². The summed E-state index contributed by atoms with van der Waals surface area (Å²) in [4.78, 5) is 24.3. The fourth-order valence-electron chi connectivity index (χ4n) is 2.59. The van der Waals surface area contributed by atoms with Crippen LogP contribution in [-0.4, -0.2) is 35.1 Å². The molecule has 0 atom stereocenters. The number of methoxy groups -OCH3 is 2. The Hall–Kier alpha value is -4.14. The van der Waals surface area contributed by atoms with Gasteiger partial charge >= 0.3 is 5.97 Å². The van der Waals surface area contributed by atoms with Crippen LogP contribution < -0.4 is 20.5 Å². The predicted octanol–water partition coefficient (Wildman–Crippen LogP) is 2.97. The summed E-state index contributed by atoms with van der Waals surface area (Å²) >= 11 is 0. The van der Waals surface area contributed by atoms with Crippen LogP contribution in [0, 0.1) is 0 Å². The van der Waals surface area contributed by atoms with Crippen molar-refractivity contribution >= 4 is 29.6 Å². The number of hydrogen-bond donors (Lipinski definition) is 2. The highest BCUT2D eigenvalue weighted by molar-refractivity contribution is 5.87. The van der Waals surface area contributed by atoms with Gasteiger partial charge in [-0.2, -0.15) is 15.0 Å². The molecule has 0 aliphatic rings. The third kappa shape index (κ3) is 5.44. The molecule has 0 unspecified atom stereocenters. The normalized spacial score (nSPS) is 10.6. The maximum atomic E-state index is 12.1. The molecule has 2 aromatic carbocycles. The van der Waals surface area contributed by atoms with Crippen LogP contribution in [0.25, 0.3) is 6.08 Å². The zero-order valence-electron chi connectivity index (χ0n) is 16.5. The van der Waals surface area contributed by atoms with Crippen molar-refractivity contribution in [1.29, 1.82) is 0 Å². The number of aromatic nitrogens is 3. The van der Waals surface area contributed by atoms with E-state index in [2.05, 4.69) is 20.3 Å². The molecule has 9 nitrogen and oxygen atoms in total. The molecule has 3 rings (SSSR count). The van der Waals surface area contributed by atoms with E-state index in [1.54, 1.807) is 31.4 Å². The van der Waals surface area contributed by atoms with E-state index in [-0.39, 0.29) is 24.3 Å². The molecule has 1 aromatic heterocycles. The summed E-state index contributed by atoms with van der Waals surface area (Å²) in [5, 5.41) is 3.02. The first-order valence-electron chi connectivity index (χ1n) is 8.97. The van der Waals surface area contributed by atoms with Crippen LogP contribution in [0.1, 0.15) is 11.4 Å². The zero-order chi connectivity index (χ0) is 21.3. The van der Waals surface area contributed by atoms with Crippen LogP contribution in [0.3, 0.4) is 0 Å². The lowest BCUT2D eigenvalue weighted by Crippen LogP contribution is -2.10. The molecular weight excluding hydrogens is 386 g/mol. The Balaban J connectivity index is 1.64. The number of benzene rings is 2. The topological polar surface area (TPSA) is 121 Å². The number of hydrogen-bond acceptors (Lipinski definition) is 9. The molecule has 154 valence electrons. The van der Waals surface area contributed by atoms with Gasteiger partial charge in [0.05, 0.1) is 14.2 Å². The molecule has 0 radical (unpaired) electrons. The highest BCUT2D eigenvalue weighted by Gasteiger charge is 2.09. The summed E-state index contributed by atoms with van der Waals surface area (Å²) in [7, 11) is 3.07. The van der Waals surface area contributed by atoms with Crippen molar-refractivity contribution in [2.75, 3.05) is 25.3 Å². The molecule has 0 bridgehead atoms. The average Bonchev–Trinajstić information content (AvgIpc) is 2.76. The van der Waals surface area contributed by atoms with E-state index in [1.807, 2.05) is 30.3 Å². The van der Waals surface area contributed by atoms with E-state index in [1.165, 1.54) is 13.2 Å². The fourth-order valence-corrected chi connectivity index (χ4v) is 2.59. The number of rotatable bonds is 8. The Labute approximate surface area is 173 Å². The van der Waals surface area contributed by atoms with Crippen LogP contribution in [-0.2, 0) is 16.1 Å². The van der Waals surface area contributed by atoms with Gasteiger partial charge < -0.3 is 25.3 Å². The smallest absolute Gasteiger partial charge is 0.331 e. The molecule has 3 aromatic rings. The molecule has 0 aliphatic heterocycles. The van der Waals surface area contributed by atoms with Gasteiger partial charge in [-0.3, -0.25) is 0 Å². The van der Waals surface area contributed by atoms with E-state index in [9.17, 15) is 4.79 Å². The molecule has 0 saturated heterocycles. The van der Waals surface area contributed by atoms with Crippen molar-refractivity contribution < 1.29 is 19.0 Å². The van der Waals surface area contributed by atoms with E-state index >= 15 is 0 Å². The van der Waals surface area contributed by atoms with Gasteiger partial charge in [0.15, 0.2) is 23.9 Å². The van der Waals surface area contributed by atoms with Crippen molar-refractivity contribution in [2.45, 2.75) is 6.61 Å². The maximum absolute atomic E-state index is 12.1. The number of para-hydroxylation sites is 2. The number of ether oxygens (including phenoxy) is 3. The molecule has 0 saturated carbocycles. The lowest BCUT2D eigenvalue weighted by molar-refractivity contribution is -0.139. The van der Waals surface area contributed by atoms with Gasteiger partial charge in [-0.15, -0.1) is 0 Å². The number of nitrogens with two attached hydrogens (primary N) is 1. The number of carbonyl (C=O) groups excluding carboxylic acids is 1. The zero-order valence-corrected chi connectivity index (χ0v) is 16.5. The first-order chi connectivity index (χ1) is 14.6. The summed E-state index contributed by atoms with van der Waals surface area (Å²) in [6.45, 7) is -0.158. The second-order valence-corrected chi connectivity index (χ2v) is 5.95. The molecular formula is C21H21N5O4. The Morgan fingerprint density at radius 1 is 1.03 bits per heavy atom. The molecule has 9 heteroatoms. The second kappa shape index (κ2) is 9.87. The van der Waals surface area contributed by atoms with Gasteiger partial charge in [-0.05, 0) is 24.3 Å². The summed E-state index contributed by atoms with van der Waals surface area (Å²) in [6, 6.07) is 14.7. The van der Waals surface area contributed by atoms with Crippen molar-refractivity contribution in [1.82, 2.24) is 15.0 Å². The van der Waals surface area contributed by atoms with E-state index < -0.39 is 5.97 Å². The number of anilines is 3. The molecule has 0 amide bonds. The average molecular weight is 407 g/mol. The highest BCUT2D eigenvalue weighted by atomic mass is 16.5. The summed E-state index contributed by atoms with van der Waals surface area (Å²) in [5.74, 6) is 1.01. The quantitative estimate of drug-likeness (QED) is 0.429. The van der Waals surface area contributed by atoms with Crippen LogP contribution in [0.15, 0.2) is 54.6 Å². The molecule has 3 N–H and O–H groups in total. The molecule has 30 heavy (non-hydrogen) atoms. The number of nitrogens with one attached hydrogen (secondary N) is 1. The molecule has 1 heterocycles. The van der Waals surface area contributed by atoms with Gasteiger partial charge in [-0.25, -0.2) is 4.79 Å². The maximum Gasteiger partial charge on any atom is 0.331 e. The van der Waals surface area contributed by atoms with Crippen molar-refractivity contribution in [2.24, 2.45) is 0 Å². The summed E-state index contributed by atoms with van der Waals surface area (Å²) in [6.07, 6.45) is 2.86. The van der Waals surface area contributed by atoms with Gasteiger partial charge in [0, 0.05) is 17.3 Å². The van der Waals surface area contributed by atoms with Crippen LogP contribution in [0.4, 0.5) is 17.6 Å². The largest absolute Gasteiger partial charge is 0.493 e. The lowest BCUT2D eigenvalue weighted by Gasteiger charge is -2.09. The minimum Gasteiger partial charge on any atom is -0.493 e. The van der Waals surface area contributed by atoms with Gasteiger partial charge in [0.1, 0.15) is 0 Å². The van der Waals surface area contributed by atoms with Crippen molar-refractivity contribution in [3.63, 3.8) is 0 Å². The minimum atomic E-state index is -0.573. The summed E-state index contributed by atoms with van der Waals surface area (Å²) in [5.41, 5.74) is 7.20. The second-order valence-electron chi connectivity index (χ2n) is 5.95. The third-order valence-corrected chi connectivity index (χ3v) is 3.90. The third-order valence-electron chi connectivity index (χ3n) is 3.90. The lowest BCUT2D eigenvalue weighted by atomic mass is 10.1. The first-order valence-corrected chi connectivity index (χ1v) is 8.97. The first kappa shape index (κ1) is 20.6. The fraction of sp³-hybridized carbons (Fsp3) is 0.143. The molecule has 0 aliphatic carbocycles. The van der Waals surface area contributed by atoms with E-state index in [0.717, 1.165) is 5.69 Å². The number of nitrogens with zero attached hydrogens (tertiary/aromatic N) is 3. The van der Waals surface area contributed by atoms with Crippen molar-refractivity contribution in [3.8, 4) is 11.5 Å². The van der Waals surface area contributed by atoms with Crippen LogP contribution in [0.2, 0.25) is 0 Å². The van der Waals surface area contributed by atoms with Crippen molar-refractivity contribution in [3.05, 3.63) is 66.0 Å². The van der Waals surface area contributed by atoms with Crippen LogP contribution >= 0.6 is 0 Å². The number of esters is 1. The Bertz CT molecular complexity index is 1040.